The predicted molar refractivity (Wildman–Crippen MR) is 87.1 cm³/mol. The summed E-state index contributed by atoms with van der Waals surface area (Å²) in [6, 6.07) is 0.661. The highest BCUT2D eigenvalue weighted by Gasteiger charge is 2.50. The Kier molecular flexibility index (Phi) is 6.38. The van der Waals surface area contributed by atoms with Crippen molar-refractivity contribution in [2.75, 3.05) is 33.7 Å². The fraction of sp³-hybridized carbons (Fsp3) is 0.812. The van der Waals surface area contributed by atoms with Crippen molar-refractivity contribution in [1.29, 1.82) is 0 Å². The standard InChI is InChI=1S/C16H28O6Si/c1-11-7-12-8-13(11)14(15(12)16(18)19)9-22-5-4-6-23(10-17,20-2)21-3/h7,12-15,17H,4-6,8-10H2,1-3H3,(H,18,19). The second-order valence-electron chi connectivity index (χ2n) is 6.60. The smallest absolute Gasteiger partial charge is 0.364 e. The van der Waals surface area contributed by atoms with Gasteiger partial charge in [0.1, 0.15) is 0 Å². The van der Waals surface area contributed by atoms with Gasteiger partial charge < -0.3 is 23.8 Å². The molecule has 0 saturated heterocycles. The zero-order valence-electron chi connectivity index (χ0n) is 14.2. The lowest BCUT2D eigenvalue weighted by Gasteiger charge is -2.28. The molecule has 2 aliphatic rings. The molecular weight excluding hydrogens is 316 g/mol. The summed E-state index contributed by atoms with van der Waals surface area (Å²) in [7, 11) is 0.646. The number of rotatable bonds is 10. The number of carboxylic acid groups (broad SMARTS) is 1. The third kappa shape index (κ3) is 3.85. The minimum Gasteiger partial charge on any atom is -0.481 e. The molecule has 23 heavy (non-hydrogen) atoms. The molecule has 2 bridgehead atoms. The van der Waals surface area contributed by atoms with Gasteiger partial charge in [0.25, 0.3) is 0 Å². The maximum absolute atomic E-state index is 11.5. The van der Waals surface area contributed by atoms with Gasteiger partial charge in [-0.1, -0.05) is 11.6 Å². The Hall–Kier alpha value is -0.733. The Balaban J connectivity index is 1.78. The summed E-state index contributed by atoms with van der Waals surface area (Å²) < 4.78 is 16.5. The minimum absolute atomic E-state index is 0.0720. The molecular formula is C16H28O6Si. The summed E-state index contributed by atoms with van der Waals surface area (Å²) in [5.74, 6) is -0.424. The van der Waals surface area contributed by atoms with Crippen LogP contribution in [-0.4, -0.2) is 58.4 Å². The molecule has 6 nitrogen and oxygen atoms in total. The second-order valence-corrected chi connectivity index (χ2v) is 10.1. The molecule has 1 fully saturated rings. The van der Waals surface area contributed by atoms with E-state index in [0.29, 0.717) is 25.2 Å². The number of aliphatic hydroxyl groups excluding tert-OH is 1. The number of hydrogen-bond donors (Lipinski definition) is 2. The first-order valence-electron chi connectivity index (χ1n) is 8.18. The van der Waals surface area contributed by atoms with Gasteiger partial charge in [0.15, 0.2) is 0 Å². The van der Waals surface area contributed by atoms with Crippen molar-refractivity contribution in [1.82, 2.24) is 0 Å². The largest absolute Gasteiger partial charge is 0.481 e. The van der Waals surface area contributed by atoms with Crippen LogP contribution in [0.1, 0.15) is 19.8 Å². The summed E-state index contributed by atoms with van der Waals surface area (Å²) in [4.78, 5) is 11.5. The molecule has 0 aromatic heterocycles. The monoisotopic (exact) mass is 344 g/mol. The quantitative estimate of drug-likeness (QED) is 0.355. The van der Waals surface area contributed by atoms with Crippen molar-refractivity contribution in [2.45, 2.75) is 25.8 Å². The fourth-order valence-corrected chi connectivity index (χ4v) is 5.76. The van der Waals surface area contributed by atoms with E-state index in [1.54, 1.807) is 14.2 Å². The molecule has 0 aromatic carbocycles. The molecule has 2 N–H and O–H groups in total. The Bertz CT molecular complexity index is 440. The van der Waals surface area contributed by atoms with Crippen molar-refractivity contribution in [2.24, 2.45) is 23.7 Å². The van der Waals surface area contributed by atoms with E-state index in [1.165, 1.54) is 5.57 Å². The Morgan fingerprint density at radius 2 is 2.09 bits per heavy atom. The van der Waals surface area contributed by atoms with Crippen LogP contribution < -0.4 is 0 Å². The number of ether oxygens (including phenoxy) is 1. The van der Waals surface area contributed by atoms with Gasteiger partial charge in [0, 0.05) is 26.7 Å². The molecule has 132 valence electrons. The Labute approximate surface area is 138 Å². The van der Waals surface area contributed by atoms with E-state index >= 15 is 0 Å². The van der Waals surface area contributed by atoms with Crippen molar-refractivity contribution in [3.63, 3.8) is 0 Å². The molecule has 0 spiro atoms. The molecule has 1 saturated carbocycles. The molecule has 4 atom stereocenters. The average molecular weight is 344 g/mol. The lowest BCUT2D eigenvalue weighted by Crippen LogP contribution is -2.44. The van der Waals surface area contributed by atoms with Gasteiger partial charge in [-0.3, -0.25) is 4.79 Å². The van der Waals surface area contributed by atoms with Crippen LogP contribution >= 0.6 is 0 Å². The number of hydrogen-bond acceptors (Lipinski definition) is 5. The van der Waals surface area contributed by atoms with E-state index < -0.39 is 14.5 Å². The summed E-state index contributed by atoms with van der Waals surface area (Å²) in [5, 5.41) is 18.9. The van der Waals surface area contributed by atoms with Gasteiger partial charge in [-0.25, -0.2) is 0 Å². The number of aliphatic carboxylic acids is 1. The zero-order valence-corrected chi connectivity index (χ0v) is 15.2. The first kappa shape index (κ1) is 18.6. The first-order valence-corrected chi connectivity index (χ1v) is 10.4. The van der Waals surface area contributed by atoms with Crippen LogP contribution in [0.2, 0.25) is 6.04 Å². The predicted octanol–water partition coefficient (Wildman–Crippen LogP) is 1.57. The van der Waals surface area contributed by atoms with Crippen LogP contribution in [0.4, 0.5) is 0 Å². The Morgan fingerprint density at radius 1 is 1.39 bits per heavy atom. The topological polar surface area (TPSA) is 85.2 Å². The highest BCUT2D eigenvalue weighted by atomic mass is 28.4. The zero-order chi connectivity index (χ0) is 17.0. The lowest BCUT2D eigenvalue weighted by atomic mass is 9.80. The highest BCUT2D eigenvalue weighted by Crippen LogP contribution is 2.51. The normalized spacial score (nSPS) is 29.8. The van der Waals surface area contributed by atoms with Crippen molar-refractivity contribution < 1.29 is 28.6 Å². The molecule has 0 aliphatic heterocycles. The summed E-state index contributed by atoms with van der Waals surface area (Å²) in [6.07, 6.45) is 3.74. The van der Waals surface area contributed by atoms with E-state index in [-0.39, 0.29) is 24.0 Å². The summed E-state index contributed by atoms with van der Waals surface area (Å²) >= 11 is 0. The molecule has 2 aliphatic carbocycles. The van der Waals surface area contributed by atoms with E-state index in [0.717, 1.165) is 12.8 Å². The molecule has 4 unspecified atom stereocenters. The summed E-state index contributed by atoms with van der Waals surface area (Å²) in [5.41, 5.74) is 1.31. The van der Waals surface area contributed by atoms with Gasteiger partial charge in [-0.2, -0.15) is 0 Å². The van der Waals surface area contributed by atoms with Gasteiger partial charge in [-0.15, -0.1) is 0 Å². The van der Waals surface area contributed by atoms with Crippen LogP contribution in [0.3, 0.4) is 0 Å². The van der Waals surface area contributed by atoms with Crippen molar-refractivity contribution >= 4 is 14.5 Å². The summed E-state index contributed by atoms with van der Waals surface area (Å²) in [6.45, 7) is 3.11. The Morgan fingerprint density at radius 3 is 2.65 bits per heavy atom. The molecule has 2 rings (SSSR count). The lowest BCUT2D eigenvalue weighted by molar-refractivity contribution is -0.145. The SMILES string of the molecule is CO[Si](CO)(CCCOCC1C2CC(C=C2C)C1C(=O)O)OC. The second kappa shape index (κ2) is 7.89. The number of carboxylic acids is 1. The fourth-order valence-electron chi connectivity index (χ4n) is 4.08. The minimum atomic E-state index is -2.48. The molecule has 0 aromatic rings. The maximum atomic E-state index is 11.5. The van der Waals surface area contributed by atoms with Crippen molar-refractivity contribution in [3.8, 4) is 0 Å². The number of carbonyl (C=O) groups is 1. The van der Waals surface area contributed by atoms with Crippen LogP contribution in [0, 0.1) is 23.7 Å². The molecule has 0 radical (unpaired) electrons. The molecule has 0 amide bonds. The first-order chi connectivity index (χ1) is 11.0. The van der Waals surface area contributed by atoms with E-state index in [1.807, 2.05) is 0 Å². The van der Waals surface area contributed by atoms with Crippen molar-refractivity contribution in [3.05, 3.63) is 11.6 Å². The van der Waals surface area contributed by atoms with Gasteiger partial charge in [0.2, 0.25) is 0 Å². The molecule has 7 heteroatoms. The van der Waals surface area contributed by atoms with Gasteiger partial charge >= 0.3 is 14.5 Å². The van der Waals surface area contributed by atoms with Crippen LogP contribution in [0.25, 0.3) is 0 Å². The van der Waals surface area contributed by atoms with E-state index in [2.05, 4.69) is 13.0 Å². The third-order valence-electron chi connectivity index (χ3n) is 5.45. The van der Waals surface area contributed by atoms with E-state index in [4.69, 9.17) is 13.6 Å². The van der Waals surface area contributed by atoms with E-state index in [9.17, 15) is 15.0 Å². The maximum Gasteiger partial charge on any atom is 0.364 e. The molecule has 0 heterocycles. The van der Waals surface area contributed by atoms with Crippen LogP contribution in [-0.2, 0) is 18.4 Å². The number of fused-ring (bicyclic) bond motifs is 2. The van der Waals surface area contributed by atoms with Gasteiger partial charge in [-0.05, 0) is 37.6 Å². The van der Waals surface area contributed by atoms with Crippen LogP contribution in [0.15, 0.2) is 11.6 Å². The highest BCUT2D eigenvalue weighted by molar-refractivity contribution is 6.67. The average Bonchev–Trinajstić information content (AvgIpc) is 3.08. The number of allylic oxidation sites excluding steroid dienone is 2. The number of aliphatic hydroxyl groups is 1. The third-order valence-corrected chi connectivity index (χ3v) is 8.54. The van der Waals surface area contributed by atoms with Crippen LogP contribution in [0.5, 0.6) is 0 Å². The van der Waals surface area contributed by atoms with Gasteiger partial charge in [0.05, 0.1) is 18.8 Å².